The van der Waals surface area contributed by atoms with E-state index in [-0.39, 0.29) is 5.88 Å². The summed E-state index contributed by atoms with van der Waals surface area (Å²) in [4.78, 5) is 7.31. The van der Waals surface area contributed by atoms with Crippen molar-refractivity contribution in [1.82, 2.24) is 4.98 Å². The summed E-state index contributed by atoms with van der Waals surface area (Å²) in [5.74, 6) is 1.04. The number of hydrogen-bond donors (Lipinski definition) is 1. The van der Waals surface area contributed by atoms with Crippen LogP contribution in [0.2, 0.25) is 0 Å². The zero-order valence-corrected chi connectivity index (χ0v) is 16.1. The first-order valence-corrected chi connectivity index (χ1v) is 9.47. The molecule has 3 heterocycles. The van der Waals surface area contributed by atoms with Crippen LogP contribution in [0.4, 0.5) is 5.82 Å². The molecular weight excluding hydrogens is 353 g/mol. The number of fused-ring (bicyclic) bond motifs is 1. The summed E-state index contributed by atoms with van der Waals surface area (Å²) in [5, 5.41) is 12.3. The van der Waals surface area contributed by atoms with E-state index in [0.29, 0.717) is 23.3 Å². The maximum atomic E-state index is 11.3. The van der Waals surface area contributed by atoms with E-state index < -0.39 is 0 Å². The minimum Gasteiger partial charge on any atom is -0.477 e. The fourth-order valence-electron chi connectivity index (χ4n) is 3.44. The zero-order chi connectivity index (χ0) is 19.1. The largest absolute Gasteiger partial charge is 0.477 e. The summed E-state index contributed by atoms with van der Waals surface area (Å²) in [6.45, 7) is 8.77. The molecule has 0 unspecified atom stereocenters. The standard InChI is InChI=1S/C21H18BN3OS/c1-13-7-6-10-24-14(2)19(17-8-4-5-9-18(17)22)21(26)25(20(13)24)12-16-11-23-15(3)27-16/h4-11H,2,12H2,1,3H3/p+1. The summed E-state index contributed by atoms with van der Waals surface area (Å²) < 4.78 is 2.00. The molecule has 1 N–H and O–H groups in total. The predicted octanol–water partition coefficient (Wildman–Crippen LogP) is 3.26. The summed E-state index contributed by atoms with van der Waals surface area (Å²) in [6.07, 6.45) is 3.82. The van der Waals surface area contributed by atoms with Gasteiger partial charge in [-0.3, -0.25) is 0 Å². The maximum Gasteiger partial charge on any atom is 0.294 e. The van der Waals surface area contributed by atoms with Gasteiger partial charge < -0.3 is 5.11 Å². The number of aliphatic hydroxyl groups is 1. The highest BCUT2D eigenvalue weighted by Gasteiger charge is 2.38. The van der Waals surface area contributed by atoms with Crippen LogP contribution in [0.5, 0.6) is 0 Å². The van der Waals surface area contributed by atoms with Crippen molar-refractivity contribution < 1.29 is 9.67 Å². The smallest absolute Gasteiger partial charge is 0.294 e. The number of hydrogen-bond acceptors (Lipinski definition) is 4. The molecule has 132 valence electrons. The van der Waals surface area contributed by atoms with E-state index >= 15 is 0 Å². The van der Waals surface area contributed by atoms with Gasteiger partial charge in [-0.15, -0.1) is 11.3 Å². The van der Waals surface area contributed by atoms with Crippen molar-refractivity contribution >= 4 is 41.7 Å². The summed E-state index contributed by atoms with van der Waals surface area (Å²) in [5.41, 5.74) is 3.75. The Balaban J connectivity index is 1.93. The Morgan fingerprint density at radius 1 is 1.22 bits per heavy atom. The third-order valence-corrected chi connectivity index (χ3v) is 5.59. The molecule has 0 spiro atoms. The Kier molecular flexibility index (Phi) is 4.36. The monoisotopic (exact) mass is 372 g/mol. The van der Waals surface area contributed by atoms with Crippen LogP contribution >= 0.6 is 11.3 Å². The van der Waals surface area contributed by atoms with Gasteiger partial charge in [-0.2, -0.15) is 9.47 Å². The normalized spacial score (nSPS) is 13.9. The van der Waals surface area contributed by atoms with Gasteiger partial charge in [0, 0.05) is 11.8 Å². The van der Waals surface area contributed by atoms with Gasteiger partial charge in [-0.25, -0.2) is 4.98 Å². The molecular formula is C21H19BN3OS+. The first kappa shape index (κ1) is 17.6. The quantitative estimate of drug-likeness (QED) is 0.567. The molecule has 6 heteroatoms. The number of rotatable bonds is 3. The van der Waals surface area contributed by atoms with Gasteiger partial charge in [0.2, 0.25) is 0 Å². The Labute approximate surface area is 164 Å². The van der Waals surface area contributed by atoms with Crippen LogP contribution in [0.1, 0.15) is 21.0 Å². The van der Waals surface area contributed by atoms with E-state index in [4.69, 9.17) is 7.85 Å². The fraction of sp³-hybridized carbons (Fsp3) is 0.143. The fourth-order valence-corrected chi connectivity index (χ4v) is 4.22. The molecule has 1 aliphatic rings. The van der Waals surface area contributed by atoms with Crippen LogP contribution in [0.3, 0.4) is 0 Å². The van der Waals surface area contributed by atoms with Gasteiger partial charge in [0.1, 0.15) is 25.7 Å². The minimum atomic E-state index is 0.151. The Hall–Kier alpha value is -2.86. The average molecular weight is 372 g/mol. The van der Waals surface area contributed by atoms with E-state index in [2.05, 4.69) is 11.6 Å². The van der Waals surface area contributed by atoms with Crippen LogP contribution in [0, 0.1) is 13.8 Å². The SMILES string of the molecule is [B]c1ccccc1C1=C(O)N(Cc2cnc(C)s2)c2c(C)ccc[n+]2C1=C. The molecule has 0 saturated carbocycles. The molecule has 1 aromatic carbocycles. The van der Waals surface area contributed by atoms with E-state index in [0.717, 1.165) is 26.8 Å². The van der Waals surface area contributed by atoms with Crippen LogP contribution < -0.4 is 14.9 Å². The second-order valence-electron chi connectivity index (χ2n) is 6.55. The predicted molar refractivity (Wildman–Crippen MR) is 111 cm³/mol. The summed E-state index contributed by atoms with van der Waals surface area (Å²) in [6, 6.07) is 11.5. The number of aliphatic hydroxyl groups excluding tert-OH is 1. The lowest BCUT2D eigenvalue weighted by Crippen LogP contribution is -2.46. The molecule has 4 nitrogen and oxygen atoms in total. The number of benzene rings is 1. The number of aromatic nitrogens is 2. The number of nitrogens with zero attached hydrogens (tertiary/aromatic N) is 3. The first-order chi connectivity index (χ1) is 13.0. The molecule has 27 heavy (non-hydrogen) atoms. The second-order valence-corrected chi connectivity index (χ2v) is 7.87. The number of pyridine rings is 1. The first-order valence-electron chi connectivity index (χ1n) is 8.65. The molecule has 0 fully saturated rings. The summed E-state index contributed by atoms with van der Waals surface area (Å²) in [7, 11) is 6.20. The highest BCUT2D eigenvalue weighted by atomic mass is 32.1. The lowest BCUT2D eigenvalue weighted by Gasteiger charge is -2.27. The van der Waals surface area contributed by atoms with E-state index in [1.54, 1.807) is 11.3 Å². The molecule has 4 rings (SSSR count). The molecule has 0 atom stereocenters. The second kappa shape index (κ2) is 6.70. The molecule has 2 aromatic heterocycles. The third kappa shape index (κ3) is 2.96. The lowest BCUT2D eigenvalue weighted by atomic mass is 9.85. The van der Waals surface area contributed by atoms with Crippen molar-refractivity contribution in [3.05, 3.63) is 82.3 Å². The number of aryl methyl sites for hydroxylation is 2. The molecule has 2 radical (unpaired) electrons. The van der Waals surface area contributed by atoms with Crippen LogP contribution in [0.25, 0.3) is 11.3 Å². The minimum absolute atomic E-state index is 0.151. The van der Waals surface area contributed by atoms with Crippen LogP contribution in [-0.2, 0) is 6.54 Å². The van der Waals surface area contributed by atoms with Gasteiger partial charge in [0.05, 0.1) is 16.1 Å². The van der Waals surface area contributed by atoms with Crippen molar-refractivity contribution in [2.24, 2.45) is 0 Å². The molecule has 0 bridgehead atoms. The van der Waals surface area contributed by atoms with Gasteiger partial charge in [0.15, 0.2) is 0 Å². The highest BCUT2D eigenvalue weighted by molar-refractivity contribution is 7.11. The number of anilines is 1. The summed E-state index contributed by atoms with van der Waals surface area (Å²) >= 11 is 1.62. The highest BCUT2D eigenvalue weighted by Crippen LogP contribution is 2.35. The van der Waals surface area contributed by atoms with Gasteiger partial charge >= 0.3 is 0 Å². The van der Waals surface area contributed by atoms with Crippen molar-refractivity contribution in [3.8, 4) is 0 Å². The Bertz CT molecular complexity index is 1090. The number of allylic oxidation sites excluding steroid dienone is 2. The molecule has 1 aliphatic heterocycles. The molecule has 0 saturated heterocycles. The van der Waals surface area contributed by atoms with Crippen molar-refractivity contribution in [1.29, 1.82) is 0 Å². The van der Waals surface area contributed by atoms with Gasteiger partial charge in [-0.1, -0.05) is 36.3 Å². The van der Waals surface area contributed by atoms with E-state index in [1.165, 1.54) is 0 Å². The topological polar surface area (TPSA) is 40.2 Å². The molecule has 0 aliphatic carbocycles. The zero-order valence-electron chi connectivity index (χ0n) is 15.3. The van der Waals surface area contributed by atoms with E-state index in [9.17, 15) is 5.11 Å². The lowest BCUT2D eigenvalue weighted by molar-refractivity contribution is -0.565. The molecule has 3 aromatic rings. The Morgan fingerprint density at radius 2 is 2.00 bits per heavy atom. The maximum absolute atomic E-state index is 11.3. The van der Waals surface area contributed by atoms with Crippen molar-refractivity contribution in [2.45, 2.75) is 20.4 Å². The van der Waals surface area contributed by atoms with Gasteiger partial charge in [-0.05, 0) is 31.5 Å². The van der Waals surface area contributed by atoms with Crippen molar-refractivity contribution in [2.75, 3.05) is 4.90 Å². The van der Waals surface area contributed by atoms with E-state index in [1.807, 2.05) is 72.1 Å². The third-order valence-electron chi connectivity index (χ3n) is 4.69. The van der Waals surface area contributed by atoms with Gasteiger partial charge in [0.25, 0.3) is 11.7 Å². The van der Waals surface area contributed by atoms with Crippen LogP contribution in [-0.4, -0.2) is 17.9 Å². The number of thiazole rings is 1. The average Bonchev–Trinajstić information content (AvgIpc) is 3.05. The van der Waals surface area contributed by atoms with Crippen molar-refractivity contribution in [3.63, 3.8) is 0 Å². The Morgan fingerprint density at radius 3 is 2.70 bits per heavy atom. The van der Waals surface area contributed by atoms with Crippen LogP contribution in [0.15, 0.2) is 61.3 Å². The molecule has 0 amide bonds.